The smallest absolute Gasteiger partial charge is 0.142 e. The zero-order valence-corrected chi connectivity index (χ0v) is 15.9. The van der Waals surface area contributed by atoms with Gasteiger partial charge >= 0.3 is 0 Å². The van der Waals surface area contributed by atoms with Gasteiger partial charge in [-0.15, -0.1) is 0 Å². The molecule has 0 heterocycles. The summed E-state index contributed by atoms with van der Waals surface area (Å²) in [6.07, 6.45) is 10.4. The molecule has 0 amide bonds. The summed E-state index contributed by atoms with van der Waals surface area (Å²) in [6.45, 7) is 2.97. The van der Waals surface area contributed by atoms with Crippen LogP contribution in [-0.4, -0.2) is 6.61 Å². The molecule has 0 aliphatic heterocycles. The van der Waals surface area contributed by atoms with Crippen molar-refractivity contribution in [3.8, 4) is 5.75 Å². The maximum Gasteiger partial charge on any atom is 0.142 e. The van der Waals surface area contributed by atoms with Crippen LogP contribution in [0.3, 0.4) is 0 Å². The molecule has 0 aromatic heterocycles. The number of benzene rings is 1. The number of halogens is 3. The average molecular weight is 396 g/mol. The number of ether oxygens (including phenoxy) is 1. The van der Waals surface area contributed by atoms with Crippen LogP contribution in [0.1, 0.15) is 63.9 Å². The van der Waals surface area contributed by atoms with E-state index in [1.807, 2.05) is 6.07 Å². The Morgan fingerprint density at radius 1 is 0.952 bits per heavy atom. The van der Waals surface area contributed by atoms with E-state index in [0.29, 0.717) is 15.4 Å². The van der Waals surface area contributed by atoms with Crippen molar-refractivity contribution in [3.63, 3.8) is 0 Å². The van der Waals surface area contributed by atoms with E-state index in [1.165, 1.54) is 44.9 Å². The van der Waals surface area contributed by atoms with Crippen LogP contribution >= 0.6 is 39.1 Å². The molecule has 120 valence electrons. The van der Waals surface area contributed by atoms with Gasteiger partial charge in [-0.25, -0.2) is 0 Å². The second-order valence-electron chi connectivity index (χ2n) is 5.33. The van der Waals surface area contributed by atoms with E-state index in [0.717, 1.165) is 24.3 Å². The first-order valence-electron chi connectivity index (χ1n) is 7.85. The predicted octanol–water partition coefficient (Wildman–Crippen LogP) is 7.41. The monoisotopic (exact) mass is 394 g/mol. The summed E-state index contributed by atoms with van der Waals surface area (Å²) in [5.41, 5.74) is 1.01. The third-order valence-corrected chi connectivity index (χ3v) is 4.58. The molecule has 0 unspecified atom stereocenters. The van der Waals surface area contributed by atoms with E-state index in [1.54, 1.807) is 6.07 Å². The van der Waals surface area contributed by atoms with Crippen molar-refractivity contribution in [2.45, 2.75) is 63.6 Å². The van der Waals surface area contributed by atoms with E-state index < -0.39 is 0 Å². The van der Waals surface area contributed by atoms with E-state index in [9.17, 15) is 0 Å². The van der Waals surface area contributed by atoms with Gasteiger partial charge in [0, 0.05) is 15.9 Å². The second kappa shape index (κ2) is 11.6. The minimum atomic E-state index is 0.594. The molecule has 1 aromatic carbocycles. The first-order valence-corrected chi connectivity index (χ1v) is 9.73. The molecule has 0 atom stereocenters. The second-order valence-corrected chi connectivity index (χ2v) is 6.74. The van der Waals surface area contributed by atoms with Crippen LogP contribution in [0, 0.1) is 0 Å². The molecule has 4 heteroatoms. The lowest BCUT2D eigenvalue weighted by atomic mass is 10.1. The zero-order valence-electron chi connectivity index (χ0n) is 12.8. The van der Waals surface area contributed by atoms with Crippen LogP contribution in [0.2, 0.25) is 10.0 Å². The minimum absolute atomic E-state index is 0.594. The Balaban J connectivity index is 2.21. The van der Waals surface area contributed by atoms with Gasteiger partial charge in [0.15, 0.2) is 0 Å². The quantitative estimate of drug-likeness (QED) is 0.280. The fourth-order valence-electron chi connectivity index (χ4n) is 2.28. The molecule has 21 heavy (non-hydrogen) atoms. The topological polar surface area (TPSA) is 9.23 Å². The van der Waals surface area contributed by atoms with Gasteiger partial charge in [-0.05, 0) is 18.6 Å². The first-order chi connectivity index (χ1) is 10.2. The van der Waals surface area contributed by atoms with E-state index in [4.69, 9.17) is 27.9 Å². The highest BCUT2D eigenvalue weighted by Crippen LogP contribution is 2.33. The Labute approximate surface area is 147 Å². The van der Waals surface area contributed by atoms with Crippen LogP contribution in [-0.2, 0) is 5.33 Å². The predicted molar refractivity (Wildman–Crippen MR) is 97.2 cm³/mol. The maximum absolute atomic E-state index is 6.19. The van der Waals surface area contributed by atoms with Gasteiger partial charge in [-0.3, -0.25) is 0 Å². The summed E-state index contributed by atoms with van der Waals surface area (Å²) in [6, 6.07) is 3.63. The molecular weight excluding hydrogens is 371 g/mol. The molecule has 0 spiro atoms. The van der Waals surface area contributed by atoms with Gasteiger partial charge in [-0.2, -0.15) is 0 Å². The van der Waals surface area contributed by atoms with Crippen molar-refractivity contribution in [2.75, 3.05) is 6.61 Å². The van der Waals surface area contributed by atoms with Crippen LogP contribution in [0.4, 0.5) is 0 Å². The average Bonchev–Trinajstić information content (AvgIpc) is 2.46. The van der Waals surface area contributed by atoms with Crippen molar-refractivity contribution >= 4 is 39.1 Å². The Morgan fingerprint density at radius 2 is 1.57 bits per heavy atom. The van der Waals surface area contributed by atoms with Crippen molar-refractivity contribution < 1.29 is 4.74 Å². The van der Waals surface area contributed by atoms with Crippen molar-refractivity contribution in [1.29, 1.82) is 0 Å². The van der Waals surface area contributed by atoms with Crippen LogP contribution < -0.4 is 4.74 Å². The fraction of sp³-hybridized carbons (Fsp3) is 0.647. The fourth-order valence-corrected chi connectivity index (χ4v) is 3.29. The normalized spacial score (nSPS) is 10.9. The standard InChI is InChI=1S/C17H25BrCl2O/c1-2-3-4-5-6-7-8-9-10-21-17-14(13-18)11-15(19)12-16(17)20/h11-12H,2-10,13H2,1H3. The Hall–Kier alpha value is 0.0800. The summed E-state index contributed by atoms with van der Waals surface area (Å²) >= 11 is 15.6. The molecule has 1 aromatic rings. The van der Waals surface area contributed by atoms with Gasteiger partial charge < -0.3 is 4.74 Å². The Kier molecular flexibility index (Phi) is 10.6. The number of hydrogen-bond donors (Lipinski definition) is 0. The van der Waals surface area contributed by atoms with E-state index >= 15 is 0 Å². The minimum Gasteiger partial charge on any atom is -0.492 e. The van der Waals surface area contributed by atoms with Gasteiger partial charge in [0.1, 0.15) is 5.75 Å². The number of rotatable bonds is 11. The molecule has 0 aliphatic rings. The molecule has 0 bridgehead atoms. The Bertz CT molecular complexity index is 410. The zero-order chi connectivity index (χ0) is 15.5. The van der Waals surface area contributed by atoms with Crippen LogP contribution in [0.15, 0.2) is 12.1 Å². The highest BCUT2D eigenvalue weighted by Gasteiger charge is 2.09. The van der Waals surface area contributed by atoms with Crippen molar-refractivity contribution in [1.82, 2.24) is 0 Å². The van der Waals surface area contributed by atoms with Crippen LogP contribution in [0.5, 0.6) is 5.75 Å². The molecule has 0 radical (unpaired) electrons. The van der Waals surface area contributed by atoms with Crippen molar-refractivity contribution in [2.24, 2.45) is 0 Å². The molecule has 1 rings (SSSR count). The third-order valence-electron chi connectivity index (χ3n) is 3.47. The number of unbranched alkanes of at least 4 members (excludes halogenated alkanes) is 7. The molecular formula is C17H25BrCl2O. The lowest BCUT2D eigenvalue weighted by molar-refractivity contribution is 0.302. The summed E-state index contributed by atoms with van der Waals surface area (Å²) in [5.74, 6) is 0.765. The molecule has 0 N–H and O–H groups in total. The highest BCUT2D eigenvalue weighted by atomic mass is 79.9. The van der Waals surface area contributed by atoms with Crippen molar-refractivity contribution in [3.05, 3.63) is 27.7 Å². The lowest BCUT2D eigenvalue weighted by Gasteiger charge is -2.12. The molecule has 0 saturated heterocycles. The highest BCUT2D eigenvalue weighted by molar-refractivity contribution is 9.08. The van der Waals surface area contributed by atoms with Crippen LogP contribution in [0.25, 0.3) is 0 Å². The number of hydrogen-bond acceptors (Lipinski definition) is 1. The Morgan fingerprint density at radius 3 is 2.19 bits per heavy atom. The SMILES string of the molecule is CCCCCCCCCCOc1c(Cl)cc(Cl)cc1CBr. The summed E-state index contributed by atoms with van der Waals surface area (Å²) in [7, 11) is 0. The third kappa shape index (κ3) is 7.76. The largest absolute Gasteiger partial charge is 0.492 e. The molecule has 0 saturated carbocycles. The van der Waals surface area contributed by atoms with Gasteiger partial charge in [0.05, 0.1) is 11.6 Å². The molecule has 1 nitrogen and oxygen atoms in total. The van der Waals surface area contributed by atoms with Gasteiger partial charge in [0.25, 0.3) is 0 Å². The molecule has 0 fully saturated rings. The van der Waals surface area contributed by atoms with Gasteiger partial charge in [-0.1, -0.05) is 91.0 Å². The maximum atomic E-state index is 6.19. The summed E-state index contributed by atoms with van der Waals surface area (Å²) in [4.78, 5) is 0. The van der Waals surface area contributed by atoms with Gasteiger partial charge in [0.2, 0.25) is 0 Å². The van der Waals surface area contributed by atoms with E-state index in [2.05, 4.69) is 22.9 Å². The lowest BCUT2D eigenvalue weighted by Crippen LogP contribution is -2.00. The summed E-state index contributed by atoms with van der Waals surface area (Å²) in [5, 5.41) is 1.94. The molecule has 0 aliphatic carbocycles. The first kappa shape index (κ1) is 19.1. The summed E-state index contributed by atoms with van der Waals surface area (Å²) < 4.78 is 5.84. The number of alkyl halides is 1. The van der Waals surface area contributed by atoms with E-state index in [-0.39, 0.29) is 0 Å².